The van der Waals surface area contributed by atoms with E-state index in [1.54, 1.807) is 6.07 Å². The maximum Gasteiger partial charge on any atom is 0.226 e. The minimum absolute atomic E-state index is 0.318. The van der Waals surface area contributed by atoms with Gasteiger partial charge in [0.2, 0.25) is 5.91 Å². The van der Waals surface area contributed by atoms with Crippen LogP contribution < -0.4 is 16.7 Å². The van der Waals surface area contributed by atoms with E-state index in [-0.39, 0.29) is 0 Å². The molecule has 2 aromatic rings. The minimum atomic E-state index is -1.12. The summed E-state index contributed by atoms with van der Waals surface area (Å²) in [5, 5.41) is -0.227. The fourth-order valence-corrected chi connectivity index (χ4v) is 3.30. The number of rotatable bonds is 1. The molecule has 1 aliphatic carbocycles. The van der Waals surface area contributed by atoms with Gasteiger partial charge in [-0.25, -0.2) is 0 Å². The average molecular weight is 288 g/mol. The Balaban J connectivity index is 2.45. The summed E-state index contributed by atoms with van der Waals surface area (Å²) in [5.41, 5.74) is 7.95. The van der Waals surface area contributed by atoms with Gasteiger partial charge in [-0.05, 0) is 23.4 Å². The molecule has 0 saturated carbocycles. The molecule has 0 aliphatic heterocycles. The van der Waals surface area contributed by atoms with Crippen molar-refractivity contribution in [1.82, 2.24) is 4.98 Å². The number of benzene rings is 1. The first-order valence-electron chi connectivity index (χ1n) is 6.50. The summed E-state index contributed by atoms with van der Waals surface area (Å²) in [6, 6.07) is 1.55. The average Bonchev–Trinajstić information content (AvgIpc) is 2.77. The second-order valence-corrected chi connectivity index (χ2v) is 5.97. The molecule has 21 heavy (non-hydrogen) atoms. The molecule has 0 spiro atoms. The van der Waals surface area contributed by atoms with E-state index in [4.69, 9.17) is 48.7 Å². The summed E-state index contributed by atoms with van der Waals surface area (Å²) in [5.74, 6) is -0.938. The molecule has 1 heterocycles. The Hall–Kier alpha value is -1.22. The number of carbonyl (C=O) groups excluding carboxylic acids is 1. The van der Waals surface area contributed by atoms with E-state index in [0.717, 1.165) is 0 Å². The van der Waals surface area contributed by atoms with Gasteiger partial charge in [-0.2, -0.15) is 0 Å². The van der Waals surface area contributed by atoms with Crippen LogP contribution in [0.5, 0.6) is 0 Å². The van der Waals surface area contributed by atoms with Crippen LogP contribution in [0.2, 0.25) is 5.02 Å². The number of primary amides is 1. The van der Waals surface area contributed by atoms with Crippen molar-refractivity contribution in [2.75, 3.05) is 0 Å². The highest BCUT2D eigenvalue weighted by Gasteiger charge is 2.38. The summed E-state index contributed by atoms with van der Waals surface area (Å²) in [6.07, 6.45) is 0.877. The van der Waals surface area contributed by atoms with Crippen molar-refractivity contribution in [3.8, 4) is 0 Å². The normalized spacial score (nSPS) is 20.3. The van der Waals surface area contributed by atoms with Gasteiger partial charge in [0, 0.05) is 16.2 Å². The molecule has 0 saturated heterocycles. The van der Waals surface area contributed by atoms with Crippen LogP contribution in [0.25, 0.3) is 10.9 Å². The van der Waals surface area contributed by atoms with Gasteiger partial charge in [-0.15, -0.1) is 0 Å². The predicted molar refractivity (Wildman–Crippen MR) is 88.4 cm³/mol. The van der Waals surface area contributed by atoms with Crippen molar-refractivity contribution in [2.24, 2.45) is 5.73 Å². The van der Waals surface area contributed by atoms with Crippen molar-refractivity contribution < 1.29 is 4.79 Å². The highest BCUT2D eigenvalue weighted by atomic mass is 35.5. The number of H-pyrrole nitrogens is 1. The molecule has 3 nitrogen and oxygen atoms in total. The van der Waals surface area contributed by atoms with E-state index in [1.165, 1.54) is 0 Å². The number of nitrogens with two attached hydrogens (primary N) is 1. The number of nitrogens with one attached hydrogen (secondary N) is 1. The van der Waals surface area contributed by atoms with Gasteiger partial charge in [-0.1, -0.05) is 34.2 Å². The van der Waals surface area contributed by atoms with E-state index >= 15 is 0 Å². The van der Waals surface area contributed by atoms with Gasteiger partial charge < -0.3 is 10.7 Å². The number of carbonyl (C=O) groups is 1. The number of hydrogen-bond acceptors (Lipinski definition) is 1. The van der Waals surface area contributed by atoms with Crippen LogP contribution in [0.1, 0.15) is 30.0 Å². The summed E-state index contributed by atoms with van der Waals surface area (Å²) in [4.78, 5) is 14.8. The Labute approximate surface area is 133 Å². The van der Waals surface area contributed by atoms with Crippen LogP contribution in [0, 0.1) is 0 Å². The molecule has 3 rings (SSSR count). The fourth-order valence-electron chi connectivity index (χ4n) is 3.09. The van der Waals surface area contributed by atoms with Gasteiger partial charge in [0.1, 0.15) is 15.7 Å². The van der Waals surface area contributed by atoms with Crippen LogP contribution >= 0.6 is 11.6 Å². The van der Waals surface area contributed by atoms with Crippen LogP contribution in [0.15, 0.2) is 6.07 Å². The molecule has 8 radical (unpaired) electrons. The van der Waals surface area contributed by atoms with Gasteiger partial charge >= 0.3 is 0 Å². The Morgan fingerprint density at radius 1 is 1.43 bits per heavy atom. The molecule has 0 fully saturated rings. The fraction of sp³-hybridized carbons (Fsp3) is 0.308. The zero-order chi connectivity index (χ0) is 15.5. The van der Waals surface area contributed by atoms with Gasteiger partial charge in [0.15, 0.2) is 0 Å². The highest BCUT2D eigenvalue weighted by molar-refractivity contribution is 6.53. The van der Waals surface area contributed by atoms with Gasteiger partial charge in [-0.3, -0.25) is 4.79 Å². The topological polar surface area (TPSA) is 58.9 Å². The molecular formula is C13H9B4ClN2O. The molecule has 96 valence electrons. The van der Waals surface area contributed by atoms with Crippen molar-refractivity contribution in [3.05, 3.63) is 22.3 Å². The molecular weight excluding hydrogens is 279 g/mol. The number of amides is 1. The minimum Gasteiger partial charge on any atom is -0.369 e. The number of aromatic amines is 1. The second kappa shape index (κ2) is 4.64. The SMILES string of the molecule is [B]c1cc(Cl)c([B])c2c3c([nH]c12)C(C(N)=O)CCC3([B])[B]. The summed E-state index contributed by atoms with van der Waals surface area (Å²) in [7, 11) is 24.4. The third-order valence-electron chi connectivity index (χ3n) is 4.13. The zero-order valence-corrected chi connectivity index (χ0v) is 12.0. The highest BCUT2D eigenvalue weighted by Crippen LogP contribution is 2.42. The molecule has 1 aliphatic rings. The van der Waals surface area contributed by atoms with E-state index in [2.05, 4.69) is 4.98 Å². The molecule has 1 atom stereocenters. The van der Waals surface area contributed by atoms with Crippen LogP contribution in [0.4, 0.5) is 0 Å². The first-order valence-corrected chi connectivity index (χ1v) is 6.88. The van der Waals surface area contributed by atoms with Crippen molar-refractivity contribution in [3.63, 3.8) is 0 Å². The third kappa shape index (κ3) is 2.05. The Kier molecular flexibility index (Phi) is 3.25. The summed E-state index contributed by atoms with van der Waals surface area (Å²) >= 11 is 6.09. The second-order valence-electron chi connectivity index (χ2n) is 5.56. The number of aromatic nitrogens is 1. The lowest BCUT2D eigenvalue weighted by Crippen LogP contribution is -2.37. The molecule has 8 heteroatoms. The molecule has 1 amide bonds. The first-order chi connectivity index (χ1) is 9.74. The predicted octanol–water partition coefficient (Wildman–Crippen LogP) is -0.739. The number of fused-ring (bicyclic) bond motifs is 3. The maximum atomic E-state index is 11.7. The summed E-state index contributed by atoms with van der Waals surface area (Å²) < 4.78 is 0. The number of halogens is 1. The van der Waals surface area contributed by atoms with Crippen LogP contribution in [-0.4, -0.2) is 42.3 Å². The smallest absolute Gasteiger partial charge is 0.226 e. The van der Waals surface area contributed by atoms with Crippen LogP contribution in [0.3, 0.4) is 0 Å². The largest absolute Gasteiger partial charge is 0.369 e. The lowest BCUT2D eigenvalue weighted by Gasteiger charge is -2.35. The summed E-state index contributed by atoms with van der Waals surface area (Å²) in [6.45, 7) is 0. The van der Waals surface area contributed by atoms with Gasteiger partial charge in [0.05, 0.1) is 21.6 Å². The molecule has 1 aromatic heterocycles. The van der Waals surface area contributed by atoms with Crippen molar-refractivity contribution in [1.29, 1.82) is 0 Å². The lowest BCUT2D eigenvalue weighted by atomic mass is 9.45. The van der Waals surface area contributed by atoms with E-state index in [0.29, 0.717) is 51.0 Å². The van der Waals surface area contributed by atoms with Gasteiger partial charge in [0.25, 0.3) is 0 Å². The van der Waals surface area contributed by atoms with E-state index in [1.807, 2.05) is 0 Å². The monoisotopic (exact) mass is 288 g/mol. The molecule has 3 N–H and O–H groups in total. The maximum absolute atomic E-state index is 11.7. The third-order valence-corrected chi connectivity index (χ3v) is 4.44. The molecule has 1 unspecified atom stereocenters. The van der Waals surface area contributed by atoms with E-state index in [9.17, 15) is 4.79 Å². The van der Waals surface area contributed by atoms with Crippen LogP contribution in [-0.2, 0) is 10.0 Å². The Bertz CT molecular complexity index is 771. The first kappa shape index (κ1) is 14.7. The lowest BCUT2D eigenvalue weighted by molar-refractivity contribution is -0.119. The Morgan fingerprint density at radius 2 is 2.10 bits per heavy atom. The molecule has 1 aromatic carbocycles. The van der Waals surface area contributed by atoms with Crippen molar-refractivity contribution >= 4 is 70.7 Å². The standard InChI is InChI=1S/C13H9B4ClN2O/c14-5-3-6(18)9(15)7-8-10(20-11(5)7)4(12(19)21)1-2-13(8,16)17/h3-4,20H,1-2H2,(H2,19,21). The number of hydrogen-bond donors (Lipinski definition) is 2. The van der Waals surface area contributed by atoms with Crippen molar-refractivity contribution in [2.45, 2.75) is 24.0 Å². The zero-order valence-electron chi connectivity index (χ0n) is 11.2. The van der Waals surface area contributed by atoms with E-state index < -0.39 is 17.0 Å². The Morgan fingerprint density at radius 3 is 2.71 bits per heavy atom. The quantitative estimate of drug-likeness (QED) is 0.667. The molecule has 0 bridgehead atoms.